The second kappa shape index (κ2) is 9.33. The lowest BCUT2D eigenvalue weighted by molar-refractivity contribution is -0.155. The molecule has 26 heavy (non-hydrogen) atoms. The molecule has 1 aromatic rings. The highest BCUT2D eigenvalue weighted by Crippen LogP contribution is 2.21. The molecule has 1 fully saturated rings. The van der Waals surface area contributed by atoms with Gasteiger partial charge < -0.3 is 20.1 Å². The van der Waals surface area contributed by atoms with Crippen molar-refractivity contribution < 1.29 is 23.9 Å². The van der Waals surface area contributed by atoms with E-state index in [2.05, 4.69) is 0 Å². The van der Waals surface area contributed by atoms with Crippen LogP contribution in [0.15, 0.2) is 30.3 Å². The van der Waals surface area contributed by atoms with E-state index >= 15 is 0 Å². The average molecular weight is 362 g/mol. The van der Waals surface area contributed by atoms with E-state index in [1.54, 1.807) is 4.90 Å². The quantitative estimate of drug-likeness (QED) is 0.727. The number of benzene rings is 1. The van der Waals surface area contributed by atoms with Crippen molar-refractivity contribution in [3.8, 4) is 0 Å². The highest BCUT2D eigenvalue weighted by atomic mass is 16.5. The smallest absolute Gasteiger partial charge is 0.308 e. The van der Waals surface area contributed by atoms with Crippen LogP contribution in [0.5, 0.6) is 0 Å². The Hall–Kier alpha value is -2.41. The number of primary amides is 1. The van der Waals surface area contributed by atoms with Gasteiger partial charge in [0.25, 0.3) is 5.91 Å². The molecule has 0 aliphatic carbocycles. The molecular weight excluding hydrogens is 336 g/mol. The lowest BCUT2D eigenvalue weighted by atomic mass is 9.96. The summed E-state index contributed by atoms with van der Waals surface area (Å²) < 4.78 is 10.4. The summed E-state index contributed by atoms with van der Waals surface area (Å²) >= 11 is 0. The minimum atomic E-state index is -0.861. The van der Waals surface area contributed by atoms with Gasteiger partial charge in [0.2, 0.25) is 5.91 Å². The van der Waals surface area contributed by atoms with Crippen molar-refractivity contribution >= 4 is 17.8 Å². The molecule has 2 atom stereocenters. The molecule has 0 saturated carbocycles. The summed E-state index contributed by atoms with van der Waals surface area (Å²) in [6, 6.07) is 9.47. The number of carbonyl (C=O) groups excluding carboxylic acids is 3. The Morgan fingerprint density at radius 3 is 2.35 bits per heavy atom. The molecule has 0 radical (unpaired) electrons. The molecule has 2 N–H and O–H groups in total. The van der Waals surface area contributed by atoms with Crippen molar-refractivity contribution in [2.45, 2.75) is 38.4 Å². The first-order chi connectivity index (χ1) is 12.4. The molecule has 1 aromatic carbocycles. The van der Waals surface area contributed by atoms with Gasteiger partial charge in [-0.1, -0.05) is 30.3 Å². The number of piperidine rings is 1. The third-order valence-electron chi connectivity index (χ3n) is 4.65. The normalized spacial score (nSPS) is 17.4. The highest BCUT2D eigenvalue weighted by Gasteiger charge is 2.33. The predicted molar refractivity (Wildman–Crippen MR) is 95.0 cm³/mol. The van der Waals surface area contributed by atoms with Crippen LogP contribution in [-0.2, 0) is 30.3 Å². The van der Waals surface area contributed by atoms with E-state index in [1.165, 1.54) is 14.0 Å². The number of ether oxygens (including phenoxy) is 2. The van der Waals surface area contributed by atoms with Crippen molar-refractivity contribution in [3.63, 3.8) is 0 Å². The van der Waals surface area contributed by atoms with E-state index in [0.29, 0.717) is 32.4 Å². The van der Waals surface area contributed by atoms with E-state index in [4.69, 9.17) is 15.2 Å². The number of nitrogens with two attached hydrogens (primary N) is 1. The van der Waals surface area contributed by atoms with E-state index < -0.39 is 18.1 Å². The van der Waals surface area contributed by atoms with Gasteiger partial charge >= 0.3 is 5.97 Å². The van der Waals surface area contributed by atoms with Gasteiger partial charge in [-0.15, -0.1) is 0 Å². The number of carbonyl (C=O) groups is 3. The first-order valence-corrected chi connectivity index (χ1v) is 8.77. The first kappa shape index (κ1) is 19.9. The molecule has 0 spiro atoms. The molecule has 1 heterocycles. The van der Waals surface area contributed by atoms with Crippen molar-refractivity contribution in [1.29, 1.82) is 0 Å². The van der Waals surface area contributed by atoms with Crippen LogP contribution in [0.1, 0.15) is 25.3 Å². The van der Waals surface area contributed by atoms with Gasteiger partial charge in [-0.2, -0.15) is 0 Å². The maximum absolute atomic E-state index is 12.9. The molecule has 2 amide bonds. The van der Waals surface area contributed by atoms with Crippen LogP contribution >= 0.6 is 0 Å². The van der Waals surface area contributed by atoms with Gasteiger partial charge in [-0.25, -0.2) is 0 Å². The van der Waals surface area contributed by atoms with Crippen LogP contribution in [0, 0.1) is 5.92 Å². The van der Waals surface area contributed by atoms with Crippen LogP contribution in [0.4, 0.5) is 0 Å². The Labute approximate surface area is 153 Å². The topological polar surface area (TPSA) is 98.9 Å². The maximum Gasteiger partial charge on any atom is 0.308 e. The summed E-state index contributed by atoms with van der Waals surface area (Å²) in [5.41, 5.74) is 6.22. The van der Waals surface area contributed by atoms with Crippen molar-refractivity contribution in [1.82, 2.24) is 4.90 Å². The monoisotopic (exact) mass is 362 g/mol. The average Bonchev–Trinajstić information content (AvgIpc) is 2.67. The second-order valence-corrected chi connectivity index (χ2v) is 6.48. The van der Waals surface area contributed by atoms with Gasteiger partial charge in [-0.05, 0) is 25.3 Å². The lowest BCUT2D eigenvalue weighted by Crippen LogP contribution is -2.48. The molecular formula is C19H26N2O5. The molecule has 7 nitrogen and oxygen atoms in total. The number of hydrogen-bond acceptors (Lipinski definition) is 5. The summed E-state index contributed by atoms with van der Waals surface area (Å²) in [6.07, 6.45) is -0.187. The van der Waals surface area contributed by atoms with E-state index in [-0.39, 0.29) is 17.8 Å². The summed E-state index contributed by atoms with van der Waals surface area (Å²) in [5.74, 6) is -1.22. The van der Waals surface area contributed by atoms with Crippen molar-refractivity contribution in [2.24, 2.45) is 11.7 Å². The van der Waals surface area contributed by atoms with Crippen LogP contribution in [0.2, 0.25) is 0 Å². The fourth-order valence-electron chi connectivity index (χ4n) is 3.04. The van der Waals surface area contributed by atoms with E-state index in [1.807, 2.05) is 30.3 Å². The Morgan fingerprint density at radius 2 is 1.81 bits per heavy atom. The number of hydrogen-bond donors (Lipinski definition) is 1. The van der Waals surface area contributed by atoms with E-state index in [9.17, 15) is 14.4 Å². The number of nitrogens with zero attached hydrogens (tertiary/aromatic N) is 1. The highest BCUT2D eigenvalue weighted by molar-refractivity contribution is 5.83. The molecule has 1 aliphatic rings. The third-order valence-corrected chi connectivity index (χ3v) is 4.65. The summed E-state index contributed by atoms with van der Waals surface area (Å²) in [6.45, 7) is 2.45. The zero-order valence-electron chi connectivity index (χ0n) is 15.2. The molecule has 1 aliphatic heterocycles. The number of methoxy groups -OCH3 is 1. The standard InChI is InChI=1S/C19H26N2O5/c1-13(17(20)22)26-16(12-14-6-4-3-5-7-14)18(23)21-10-8-15(9-11-21)19(24)25-2/h3-7,13,15-16H,8-12H2,1-2H3,(H2,20,22)/t13?,16-/m0/s1. The fraction of sp³-hybridized carbons (Fsp3) is 0.526. The molecule has 1 unspecified atom stereocenters. The van der Waals surface area contributed by atoms with Gasteiger partial charge in [0.1, 0.15) is 12.2 Å². The van der Waals surface area contributed by atoms with Crippen molar-refractivity contribution in [2.75, 3.05) is 20.2 Å². The second-order valence-electron chi connectivity index (χ2n) is 6.48. The maximum atomic E-state index is 12.9. The summed E-state index contributed by atoms with van der Waals surface area (Å²) in [5, 5.41) is 0. The minimum absolute atomic E-state index is 0.179. The lowest BCUT2D eigenvalue weighted by Gasteiger charge is -2.33. The Balaban J connectivity index is 2.05. The van der Waals surface area contributed by atoms with Crippen LogP contribution in [0.3, 0.4) is 0 Å². The molecule has 0 bridgehead atoms. The van der Waals surface area contributed by atoms with E-state index in [0.717, 1.165) is 5.56 Å². The van der Waals surface area contributed by atoms with Crippen molar-refractivity contribution in [3.05, 3.63) is 35.9 Å². The summed E-state index contributed by atoms with van der Waals surface area (Å²) in [7, 11) is 1.37. The predicted octanol–water partition coefficient (Wildman–Crippen LogP) is 0.900. The van der Waals surface area contributed by atoms with Gasteiger partial charge in [-0.3, -0.25) is 14.4 Å². The van der Waals surface area contributed by atoms with Crippen LogP contribution in [0.25, 0.3) is 0 Å². The minimum Gasteiger partial charge on any atom is -0.469 e. The molecule has 1 saturated heterocycles. The fourth-order valence-corrected chi connectivity index (χ4v) is 3.04. The number of amides is 2. The Kier molecular flexibility index (Phi) is 7.15. The SMILES string of the molecule is COC(=O)C1CCN(C(=O)[C@H](Cc2ccccc2)OC(C)C(N)=O)CC1. The van der Waals surface area contributed by atoms with Crippen LogP contribution < -0.4 is 5.73 Å². The Bertz CT molecular complexity index is 626. The zero-order chi connectivity index (χ0) is 19.1. The number of likely N-dealkylation sites (tertiary alicyclic amines) is 1. The molecule has 2 rings (SSSR count). The number of rotatable bonds is 7. The molecule has 142 valence electrons. The third kappa shape index (κ3) is 5.29. The zero-order valence-corrected chi connectivity index (χ0v) is 15.2. The number of esters is 1. The summed E-state index contributed by atoms with van der Waals surface area (Å²) in [4.78, 5) is 37.6. The van der Waals surface area contributed by atoms with Gasteiger partial charge in [0.05, 0.1) is 13.0 Å². The van der Waals surface area contributed by atoms with Crippen LogP contribution in [-0.4, -0.2) is 55.1 Å². The Morgan fingerprint density at radius 1 is 1.19 bits per heavy atom. The molecule has 7 heteroatoms. The van der Waals surface area contributed by atoms with Gasteiger partial charge in [0, 0.05) is 19.5 Å². The largest absolute Gasteiger partial charge is 0.469 e. The first-order valence-electron chi connectivity index (χ1n) is 8.77. The molecule has 0 aromatic heterocycles. The van der Waals surface area contributed by atoms with Gasteiger partial charge in [0.15, 0.2) is 0 Å².